The first-order valence-corrected chi connectivity index (χ1v) is 5.82. The number of aldehydes is 1. The molecule has 1 heterocycles. The lowest BCUT2D eigenvalue weighted by molar-refractivity contribution is 0.111. The zero-order valence-corrected chi connectivity index (χ0v) is 11.0. The zero-order valence-electron chi connectivity index (χ0n) is 8.75. The van der Waals surface area contributed by atoms with Crippen LogP contribution in [0.5, 0.6) is 0 Å². The van der Waals surface area contributed by atoms with E-state index in [1.807, 2.05) is 0 Å². The minimum absolute atomic E-state index is 0.354. The molecule has 2 rings (SSSR count). The lowest BCUT2D eigenvalue weighted by Crippen LogP contribution is -1.98. The van der Waals surface area contributed by atoms with E-state index in [2.05, 4.69) is 5.10 Å². The molecule has 17 heavy (non-hydrogen) atoms. The van der Waals surface area contributed by atoms with Crippen LogP contribution < -0.4 is 0 Å². The normalized spacial score (nSPS) is 10.6. The number of nitrogens with zero attached hydrogens (tertiary/aromatic N) is 2. The monoisotopic (exact) mass is 288 g/mol. The molecule has 1 aromatic carbocycles. The molecule has 1 aromatic heterocycles. The predicted molar refractivity (Wildman–Crippen MR) is 68.7 cm³/mol. The van der Waals surface area contributed by atoms with Crippen molar-refractivity contribution in [2.24, 2.45) is 0 Å². The molecule has 0 amide bonds. The van der Waals surface area contributed by atoms with Crippen LogP contribution in [0.2, 0.25) is 15.1 Å². The van der Waals surface area contributed by atoms with Crippen LogP contribution in [0.15, 0.2) is 18.3 Å². The van der Waals surface area contributed by atoms with Crippen LogP contribution in [0.1, 0.15) is 16.1 Å². The Labute approximate surface area is 113 Å². The SMILES string of the molecule is Cc1cn(-c2c(Cl)cc(Cl)cc2Cl)nc1C=O. The van der Waals surface area contributed by atoms with Crippen molar-refractivity contribution in [3.63, 3.8) is 0 Å². The van der Waals surface area contributed by atoms with Crippen LogP contribution in [-0.4, -0.2) is 16.1 Å². The molecule has 0 N–H and O–H groups in total. The first-order valence-electron chi connectivity index (χ1n) is 4.69. The molecule has 0 spiro atoms. The molecule has 2 aromatic rings. The van der Waals surface area contributed by atoms with Crippen molar-refractivity contribution in [3.05, 3.63) is 44.7 Å². The molecular formula is C11H7Cl3N2O. The zero-order chi connectivity index (χ0) is 12.6. The highest BCUT2D eigenvalue weighted by Crippen LogP contribution is 2.32. The number of carbonyl (C=O) groups excluding carboxylic acids is 1. The fourth-order valence-electron chi connectivity index (χ4n) is 1.46. The first-order chi connectivity index (χ1) is 8.02. The van der Waals surface area contributed by atoms with Gasteiger partial charge in [-0.2, -0.15) is 5.10 Å². The molecule has 0 aliphatic carbocycles. The smallest absolute Gasteiger partial charge is 0.170 e. The van der Waals surface area contributed by atoms with Crippen molar-refractivity contribution >= 4 is 41.1 Å². The lowest BCUT2D eigenvalue weighted by atomic mass is 10.3. The molecule has 3 nitrogen and oxygen atoms in total. The van der Waals surface area contributed by atoms with Gasteiger partial charge in [-0.05, 0) is 24.6 Å². The van der Waals surface area contributed by atoms with E-state index < -0.39 is 0 Å². The maximum absolute atomic E-state index is 10.7. The summed E-state index contributed by atoms with van der Waals surface area (Å²) in [4.78, 5) is 10.7. The van der Waals surface area contributed by atoms with Crippen molar-refractivity contribution in [3.8, 4) is 5.69 Å². The van der Waals surface area contributed by atoms with Crippen molar-refractivity contribution in [1.82, 2.24) is 9.78 Å². The first kappa shape index (κ1) is 12.4. The standard InChI is InChI=1S/C11H7Cl3N2O/c1-6-4-16(15-10(6)5-17)11-8(13)2-7(12)3-9(11)14/h2-5H,1H3. The summed E-state index contributed by atoms with van der Waals surface area (Å²) in [5, 5.41) is 5.29. The van der Waals surface area contributed by atoms with Crippen LogP contribution >= 0.6 is 34.8 Å². The van der Waals surface area contributed by atoms with Gasteiger partial charge in [0.05, 0.1) is 10.0 Å². The number of aryl methyl sites for hydroxylation is 1. The molecule has 0 aliphatic rings. The van der Waals surface area contributed by atoms with Gasteiger partial charge in [0.1, 0.15) is 11.4 Å². The highest BCUT2D eigenvalue weighted by molar-refractivity contribution is 6.40. The maximum Gasteiger partial charge on any atom is 0.170 e. The van der Waals surface area contributed by atoms with Gasteiger partial charge >= 0.3 is 0 Å². The number of halogens is 3. The van der Waals surface area contributed by atoms with E-state index in [1.54, 1.807) is 25.3 Å². The largest absolute Gasteiger partial charge is 0.296 e. The average molecular weight is 290 g/mol. The molecule has 0 radical (unpaired) electrons. The average Bonchev–Trinajstić information content (AvgIpc) is 2.57. The number of carbonyl (C=O) groups is 1. The molecule has 0 atom stereocenters. The van der Waals surface area contributed by atoms with Gasteiger partial charge in [-0.25, -0.2) is 4.68 Å². The van der Waals surface area contributed by atoms with E-state index in [-0.39, 0.29) is 0 Å². The summed E-state index contributed by atoms with van der Waals surface area (Å²) in [6, 6.07) is 3.14. The van der Waals surface area contributed by atoms with Gasteiger partial charge in [0.2, 0.25) is 0 Å². The van der Waals surface area contributed by atoms with Crippen LogP contribution in [0, 0.1) is 6.92 Å². The summed E-state index contributed by atoms with van der Waals surface area (Å²) in [7, 11) is 0. The van der Waals surface area contributed by atoms with Gasteiger partial charge in [0.15, 0.2) is 6.29 Å². The van der Waals surface area contributed by atoms with Crippen molar-refractivity contribution in [2.45, 2.75) is 6.92 Å². The Morgan fingerprint density at radius 2 is 1.82 bits per heavy atom. The third-order valence-electron chi connectivity index (χ3n) is 2.26. The van der Waals surface area contributed by atoms with Gasteiger partial charge in [-0.3, -0.25) is 4.79 Å². The fourth-order valence-corrected chi connectivity index (χ4v) is 2.45. The summed E-state index contributed by atoms with van der Waals surface area (Å²) in [6.07, 6.45) is 2.37. The van der Waals surface area contributed by atoms with Gasteiger partial charge in [0, 0.05) is 11.2 Å². The van der Waals surface area contributed by atoms with Crippen LogP contribution in [0.3, 0.4) is 0 Å². The molecule has 0 unspecified atom stereocenters. The molecule has 0 saturated heterocycles. The van der Waals surface area contributed by atoms with E-state index in [9.17, 15) is 4.79 Å². The quantitative estimate of drug-likeness (QED) is 0.785. The minimum Gasteiger partial charge on any atom is -0.296 e. The molecule has 0 bridgehead atoms. The number of aromatic nitrogens is 2. The van der Waals surface area contributed by atoms with Gasteiger partial charge in [-0.15, -0.1) is 0 Å². The maximum atomic E-state index is 10.7. The van der Waals surface area contributed by atoms with E-state index in [0.717, 1.165) is 5.56 Å². The number of benzene rings is 1. The Kier molecular flexibility index (Phi) is 3.43. The highest BCUT2D eigenvalue weighted by atomic mass is 35.5. The van der Waals surface area contributed by atoms with Crippen molar-refractivity contribution in [1.29, 1.82) is 0 Å². The minimum atomic E-state index is 0.354. The second-order valence-electron chi connectivity index (χ2n) is 3.48. The topological polar surface area (TPSA) is 34.9 Å². The van der Waals surface area contributed by atoms with Crippen LogP contribution in [0.25, 0.3) is 5.69 Å². The molecule has 0 aliphatic heterocycles. The summed E-state index contributed by atoms with van der Waals surface area (Å²) >= 11 is 17.9. The highest BCUT2D eigenvalue weighted by Gasteiger charge is 2.13. The van der Waals surface area contributed by atoms with Gasteiger partial charge in [-0.1, -0.05) is 34.8 Å². The Morgan fingerprint density at radius 1 is 1.24 bits per heavy atom. The van der Waals surface area contributed by atoms with Crippen molar-refractivity contribution < 1.29 is 4.79 Å². The van der Waals surface area contributed by atoms with E-state index in [0.29, 0.717) is 32.7 Å². The summed E-state index contributed by atoms with van der Waals surface area (Å²) < 4.78 is 1.47. The molecule has 0 saturated carbocycles. The summed E-state index contributed by atoms with van der Waals surface area (Å²) in [5.74, 6) is 0. The Morgan fingerprint density at radius 3 is 2.29 bits per heavy atom. The van der Waals surface area contributed by atoms with Crippen molar-refractivity contribution in [2.75, 3.05) is 0 Å². The van der Waals surface area contributed by atoms with E-state index >= 15 is 0 Å². The predicted octanol–water partition coefficient (Wildman–Crippen LogP) is 3.95. The second-order valence-corrected chi connectivity index (χ2v) is 4.73. The Hall–Kier alpha value is -1.03. The number of hydrogen-bond acceptors (Lipinski definition) is 2. The molecular weight excluding hydrogens is 282 g/mol. The van der Waals surface area contributed by atoms with Crippen LogP contribution in [0.4, 0.5) is 0 Å². The summed E-state index contributed by atoms with van der Waals surface area (Å²) in [5.41, 5.74) is 1.61. The van der Waals surface area contributed by atoms with E-state index in [1.165, 1.54) is 4.68 Å². The third-order valence-corrected chi connectivity index (χ3v) is 3.05. The fraction of sp³-hybridized carbons (Fsp3) is 0.0909. The molecule has 88 valence electrons. The third kappa shape index (κ3) is 2.32. The van der Waals surface area contributed by atoms with Gasteiger partial charge < -0.3 is 0 Å². The summed E-state index contributed by atoms with van der Waals surface area (Å²) in [6.45, 7) is 1.78. The molecule has 0 fully saturated rings. The van der Waals surface area contributed by atoms with Gasteiger partial charge in [0.25, 0.3) is 0 Å². The van der Waals surface area contributed by atoms with Crippen LogP contribution in [-0.2, 0) is 0 Å². The Bertz CT molecular complexity index is 569. The lowest BCUT2D eigenvalue weighted by Gasteiger charge is -2.07. The number of rotatable bonds is 2. The number of hydrogen-bond donors (Lipinski definition) is 0. The van der Waals surface area contributed by atoms with E-state index in [4.69, 9.17) is 34.8 Å². The second kappa shape index (κ2) is 4.69. The molecule has 6 heteroatoms. The Balaban J connectivity index is 2.64.